The molecule has 3 saturated carbocycles. The van der Waals surface area contributed by atoms with Crippen LogP contribution in [0.2, 0.25) is 0 Å². The fourth-order valence-corrected chi connectivity index (χ4v) is 19.2. The van der Waals surface area contributed by atoms with Crippen molar-refractivity contribution in [2.24, 2.45) is 35.0 Å². The van der Waals surface area contributed by atoms with Gasteiger partial charge in [-0.1, -0.05) is 72.8 Å². The first-order valence-electron chi connectivity index (χ1n) is 21.3. The molecule has 4 fully saturated rings. The second-order valence-electron chi connectivity index (χ2n) is 20.3. The highest BCUT2D eigenvalue weighted by atomic mass is 15.3. The molecule has 7 aromatic carbocycles. The third-order valence-electron chi connectivity index (χ3n) is 19.6. The van der Waals surface area contributed by atoms with Crippen LogP contribution in [-0.2, 0) is 11.8 Å². The summed E-state index contributed by atoms with van der Waals surface area (Å²) in [5.74, 6) is 4.89. The number of allylic oxidation sites excluding steroid dienone is 5. The van der Waals surface area contributed by atoms with Gasteiger partial charge in [0.15, 0.2) is 0 Å². The minimum Gasteiger partial charge on any atom is -0.363 e. The molecule has 7 aromatic rings. The Labute approximate surface area is 310 Å². The molecule has 1 heteroatoms. The summed E-state index contributed by atoms with van der Waals surface area (Å²) in [6, 6.07) is 26.6. The molecule has 0 aromatic heterocycles. The zero-order valence-electron chi connectivity index (χ0n) is 29.6. The van der Waals surface area contributed by atoms with Gasteiger partial charge in [-0.3, -0.25) is 0 Å². The van der Waals surface area contributed by atoms with Gasteiger partial charge in [-0.25, -0.2) is 0 Å². The Kier molecular flexibility index (Phi) is 2.94. The molecule has 12 aliphatic carbocycles. The molecule has 1 aliphatic heterocycles. The van der Waals surface area contributed by atoms with Crippen molar-refractivity contribution in [2.75, 3.05) is 11.4 Å². The predicted molar refractivity (Wildman–Crippen MR) is 215 cm³/mol. The standard InChI is InChI=1S/C53H31N/c1-3-7-19(8-4-1)51-52-29(18-54(51)26-9-5-2-6-10-26)27-16-24-14-22-13-23-12-20-11-21-15-25-17-28-48-46-35(25)39-31(21)30(20)37-34(23)38-32(22)33(24)40-36(27)49(53(48,52)50(28)52)47-44(40)42(38)41(37)43(39)45(46)47/h1-10,13,15-17,20,23-24,28-29,33-34,50-51H,11-12,14,18H2. The van der Waals surface area contributed by atoms with Crippen LogP contribution in [0, 0.1) is 35.0 Å². The van der Waals surface area contributed by atoms with E-state index in [1.165, 1.54) is 30.5 Å². The zero-order valence-corrected chi connectivity index (χ0v) is 29.6. The Balaban J connectivity index is 1.08. The molecular weight excluding hydrogens is 651 g/mol. The van der Waals surface area contributed by atoms with E-state index in [0.29, 0.717) is 53.4 Å². The van der Waals surface area contributed by atoms with Crippen molar-refractivity contribution >= 4 is 71.6 Å². The van der Waals surface area contributed by atoms with Gasteiger partial charge in [0.25, 0.3) is 0 Å². The molecule has 13 aliphatic rings. The topological polar surface area (TPSA) is 3.24 Å². The normalized spacial score (nSPS) is 39.7. The minimum atomic E-state index is 0.139. The van der Waals surface area contributed by atoms with Gasteiger partial charge in [0, 0.05) is 46.7 Å². The summed E-state index contributed by atoms with van der Waals surface area (Å²) < 4.78 is 0. The van der Waals surface area contributed by atoms with Crippen LogP contribution in [0.4, 0.5) is 5.69 Å². The minimum absolute atomic E-state index is 0.139. The van der Waals surface area contributed by atoms with Crippen molar-refractivity contribution in [3.8, 4) is 0 Å². The van der Waals surface area contributed by atoms with Crippen LogP contribution in [0.15, 0.2) is 90.0 Å². The number of nitrogens with zero attached hydrogens (tertiary/aromatic N) is 1. The van der Waals surface area contributed by atoms with Crippen molar-refractivity contribution in [2.45, 2.75) is 48.5 Å². The Morgan fingerprint density at radius 3 is 2.41 bits per heavy atom. The Hall–Kier alpha value is -5.14. The smallest absolute Gasteiger partial charge is 0.0620 e. The fraction of sp³-hybridized carbons (Fsp3) is 0.283. The van der Waals surface area contributed by atoms with Crippen LogP contribution in [0.5, 0.6) is 0 Å². The lowest BCUT2D eigenvalue weighted by molar-refractivity contribution is 0.348. The molecule has 20 rings (SSSR count). The van der Waals surface area contributed by atoms with E-state index in [2.05, 4.69) is 89.9 Å². The van der Waals surface area contributed by atoms with Crippen molar-refractivity contribution < 1.29 is 0 Å². The summed E-state index contributed by atoms with van der Waals surface area (Å²) in [4.78, 5) is 2.92. The molecule has 54 heavy (non-hydrogen) atoms. The summed E-state index contributed by atoms with van der Waals surface area (Å²) in [6.45, 7) is 1.13. The number of rotatable bonds is 2. The van der Waals surface area contributed by atoms with Crippen LogP contribution < -0.4 is 15.3 Å². The number of anilines is 1. The summed E-state index contributed by atoms with van der Waals surface area (Å²) >= 11 is 0. The molecule has 11 atom stereocenters. The molecule has 1 heterocycles. The lowest BCUT2D eigenvalue weighted by Crippen LogP contribution is -2.44. The van der Waals surface area contributed by atoms with Gasteiger partial charge in [-0.15, -0.1) is 0 Å². The first kappa shape index (κ1) is 24.3. The molecule has 0 amide bonds. The highest BCUT2D eigenvalue weighted by molar-refractivity contribution is 6.42. The lowest BCUT2D eigenvalue weighted by Gasteiger charge is -2.46. The Morgan fingerprint density at radius 1 is 0.667 bits per heavy atom. The number of para-hydroxylation sites is 1. The van der Waals surface area contributed by atoms with Crippen LogP contribution >= 0.6 is 0 Å². The van der Waals surface area contributed by atoms with E-state index in [1.807, 2.05) is 39.0 Å². The molecule has 11 unspecified atom stereocenters. The first-order chi connectivity index (χ1) is 26.8. The number of benzene rings is 5. The maximum Gasteiger partial charge on any atom is 0.0620 e. The van der Waals surface area contributed by atoms with E-state index in [1.54, 1.807) is 81.4 Å². The lowest BCUT2D eigenvalue weighted by atomic mass is 9.56. The van der Waals surface area contributed by atoms with Crippen LogP contribution in [0.1, 0.15) is 81.1 Å². The SMILES string of the molecule is C1=C2CC3C=C4c5c6c7c8c9c%10c%11c%12c(cc%13c%14c%15c(c7c5C57C=%15C(C=%13)C5C75C4CN(c4ccccc4)C5c4ccccc4)c9c%12%14)CC%11CC1C%10C8=C2C63. The van der Waals surface area contributed by atoms with Gasteiger partial charge in [0.05, 0.1) is 6.04 Å². The number of hydrogen-bond donors (Lipinski definition) is 0. The van der Waals surface area contributed by atoms with Gasteiger partial charge in [-0.2, -0.15) is 0 Å². The molecule has 0 radical (unpaired) electrons. The molecular formula is C53H31N. The molecule has 248 valence electrons. The van der Waals surface area contributed by atoms with Gasteiger partial charge in [0.1, 0.15) is 0 Å². The van der Waals surface area contributed by atoms with Crippen LogP contribution in [-0.4, -0.2) is 6.54 Å². The number of fused-ring (bicyclic) bond motifs is 2. The summed E-state index contributed by atoms with van der Waals surface area (Å²) in [7, 11) is 0. The summed E-state index contributed by atoms with van der Waals surface area (Å²) in [5, 5.41) is 17.3. The second kappa shape index (κ2) is 6.53. The van der Waals surface area contributed by atoms with Gasteiger partial charge >= 0.3 is 0 Å². The van der Waals surface area contributed by atoms with Crippen LogP contribution in [0.25, 0.3) is 65.9 Å². The molecule has 1 saturated heterocycles. The highest BCUT2D eigenvalue weighted by Crippen LogP contribution is 2.97. The Morgan fingerprint density at radius 2 is 1.50 bits per heavy atom. The number of hydrogen-bond acceptors (Lipinski definition) is 1. The maximum absolute atomic E-state index is 2.96. The first-order valence-corrected chi connectivity index (χ1v) is 21.3. The van der Waals surface area contributed by atoms with E-state index in [0.717, 1.165) is 6.54 Å². The quantitative estimate of drug-likeness (QED) is 0.164. The Bertz CT molecular complexity index is 3560. The molecule has 2 spiro atoms. The van der Waals surface area contributed by atoms with Crippen molar-refractivity contribution in [1.82, 2.24) is 0 Å². The van der Waals surface area contributed by atoms with Gasteiger partial charge in [0.2, 0.25) is 0 Å². The maximum atomic E-state index is 2.96. The third kappa shape index (κ3) is 1.74. The van der Waals surface area contributed by atoms with E-state index >= 15 is 0 Å². The second-order valence-corrected chi connectivity index (χ2v) is 20.3. The largest absolute Gasteiger partial charge is 0.363 e. The van der Waals surface area contributed by atoms with E-state index < -0.39 is 0 Å². The summed E-state index contributed by atoms with van der Waals surface area (Å²) in [5.41, 5.74) is 25.0. The van der Waals surface area contributed by atoms with Crippen molar-refractivity contribution in [3.05, 3.63) is 145 Å². The van der Waals surface area contributed by atoms with E-state index in [4.69, 9.17) is 0 Å². The van der Waals surface area contributed by atoms with Crippen molar-refractivity contribution in [3.63, 3.8) is 0 Å². The third-order valence-corrected chi connectivity index (χ3v) is 19.6. The van der Waals surface area contributed by atoms with Gasteiger partial charge < -0.3 is 4.90 Å². The molecule has 0 bridgehead atoms. The predicted octanol–water partition coefficient (Wildman–Crippen LogP) is 9.47. The van der Waals surface area contributed by atoms with Crippen LogP contribution in [0.3, 0.4) is 0 Å². The molecule has 0 N–H and O–H groups in total. The van der Waals surface area contributed by atoms with E-state index in [-0.39, 0.29) is 10.8 Å². The van der Waals surface area contributed by atoms with E-state index in [9.17, 15) is 0 Å². The van der Waals surface area contributed by atoms with Gasteiger partial charge in [-0.05, 0) is 181 Å². The van der Waals surface area contributed by atoms with Crippen molar-refractivity contribution in [1.29, 1.82) is 0 Å². The fourth-order valence-electron chi connectivity index (χ4n) is 19.2. The highest BCUT2D eigenvalue weighted by Gasteiger charge is 2.95. The average Bonchev–Trinajstić information content (AvgIpc) is 3.91. The average molecular weight is 682 g/mol. The monoisotopic (exact) mass is 681 g/mol. The summed E-state index contributed by atoms with van der Waals surface area (Å²) in [6.07, 6.45) is 12.6. The zero-order chi connectivity index (χ0) is 33.4. The molecule has 1 nitrogen and oxygen atoms in total.